The van der Waals surface area contributed by atoms with Crippen molar-refractivity contribution in [3.05, 3.63) is 11.6 Å². The van der Waals surface area contributed by atoms with Gasteiger partial charge in [-0.15, -0.1) is 0 Å². The smallest absolute Gasteiger partial charge is 0.310 e. The van der Waals surface area contributed by atoms with Crippen molar-refractivity contribution in [3.8, 4) is 0 Å². The number of epoxide rings is 1. The maximum atomic E-state index is 12.8. The molecule has 1 heterocycles. The molecule has 0 amide bonds. The monoisotopic (exact) mass is 276 g/mol. The van der Waals surface area contributed by atoms with Gasteiger partial charge in [0.1, 0.15) is 0 Å². The first-order valence-electron chi connectivity index (χ1n) is 7.71. The van der Waals surface area contributed by atoms with E-state index in [1.807, 2.05) is 6.92 Å². The second-order valence-electron chi connectivity index (χ2n) is 6.55. The Hall–Kier alpha value is -1.16. The van der Waals surface area contributed by atoms with Crippen LogP contribution in [0.25, 0.3) is 0 Å². The van der Waals surface area contributed by atoms with E-state index in [1.165, 1.54) is 12.0 Å². The van der Waals surface area contributed by atoms with Gasteiger partial charge in [0.05, 0.1) is 25.0 Å². The van der Waals surface area contributed by atoms with Crippen molar-refractivity contribution in [3.63, 3.8) is 0 Å². The Morgan fingerprint density at radius 3 is 3.00 bits per heavy atom. The van der Waals surface area contributed by atoms with E-state index in [0.717, 1.165) is 25.7 Å². The van der Waals surface area contributed by atoms with Gasteiger partial charge in [0.15, 0.2) is 11.4 Å². The van der Waals surface area contributed by atoms with Crippen LogP contribution in [0.2, 0.25) is 0 Å². The summed E-state index contributed by atoms with van der Waals surface area (Å²) in [6.45, 7) is 2.74. The summed E-state index contributed by atoms with van der Waals surface area (Å²) in [5, 5.41) is 0. The van der Waals surface area contributed by atoms with Crippen molar-refractivity contribution in [1.82, 2.24) is 0 Å². The number of hydrogen-bond donors (Lipinski definition) is 0. The van der Waals surface area contributed by atoms with Gasteiger partial charge >= 0.3 is 5.97 Å². The Labute approximate surface area is 118 Å². The Balaban J connectivity index is 1.77. The quantitative estimate of drug-likeness (QED) is 0.440. The zero-order chi connectivity index (χ0) is 14.0. The first-order valence-corrected chi connectivity index (χ1v) is 7.71. The summed E-state index contributed by atoms with van der Waals surface area (Å²) in [4.78, 5) is 25.0. The number of ketones is 1. The molecule has 5 aliphatic rings. The number of Topliss-reactive ketones (excluding diaryl/α,β-unsaturated/α-hetero) is 1. The van der Waals surface area contributed by atoms with E-state index < -0.39 is 5.60 Å². The molecule has 1 aliphatic heterocycles. The number of rotatable bonds is 2. The fraction of sp³-hybridized carbons (Fsp3) is 0.750. The predicted octanol–water partition coefficient (Wildman–Crippen LogP) is 2.02. The standard InChI is InChI=1S/C16H20O4/c1-2-19-14(18)12-8-15-6-4-3-5-10(15)7-11(12)13(17)16(15)9-20-16/h7,11-12H,2-6,8-9H2,1H3/t11-,12-,15-,16+/m1/s1. The maximum absolute atomic E-state index is 12.8. The topological polar surface area (TPSA) is 55.9 Å². The van der Waals surface area contributed by atoms with Crippen molar-refractivity contribution in [2.24, 2.45) is 17.3 Å². The Kier molecular flexibility index (Phi) is 2.48. The number of hydrogen-bond acceptors (Lipinski definition) is 4. The average molecular weight is 276 g/mol. The van der Waals surface area contributed by atoms with Crippen LogP contribution >= 0.6 is 0 Å². The lowest BCUT2D eigenvalue weighted by Gasteiger charge is -2.54. The molecule has 0 aromatic rings. The van der Waals surface area contributed by atoms with E-state index in [4.69, 9.17) is 9.47 Å². The summed E-state index contributed by atoms with van der Waals surface area (Å²) in [6, 6.07) is 0. The zero-order valence-corrected chi connectivity index (χ0v) is 11.8. The number of allylic oxidation sites excluding steroid dienone is 1. The highest BCUT2D eigenvalue weighted by molar-refractivity contribution is 6.00. The van der Waals surface area contributed by atoms with Gasteiger partial charge in [0, 0.05) is 5.41 Å². The summed E-state index contributed by atoms with van der Waals surface area (Å²) in [7, 11) is 0. The van der Waals surface area contributed by atoms with Crippen LogP contribution in [0.3, 0.4) is 0 Å². The van der Waals surface area contributed by atoms with Crippen molar-refractivity contribution in [2.75, 3.05) is 13.2 Å². The average Bonchev–Trinajstić information content (AvgIpc) is 3.25. The maximum Gasteiger partial charge on any atom is 0.310 e. The van der Waals surface area contributed by atoms with Gasteiger partial charge in [0.2, 0.25) is 0 Å². The third kappa shape index (κ3) is 1.31. The number of carbonyl (C=O) groups is 2. The summed E-state index contributed by atoms with van der Waals surface area (Å²) in [5.74, 6) is -0.681. The molecule has 0 unspecified atom stereocenters. The van der Waals surface area contributed by atoms with Crippen LogP contribution in [0.5, 0.6) is 0 Å². The van der Waals surface area contributed by atoms with E-state index in [1.54, 1.807) is 0 Å². The normalized spacial score (nSPS) is 45.0. The van der Waals surface area contributed by atoms with Crippen LogP contribution in [-0.2, 0) is 19.1 Å². The molecule has 108 valence electrons. The van der Waals surface area contributed by atoms with E-state index in [2.05, 4.69) is 6.08 Å². The van der Waals surface area contributed by atoms with Crippen molar-refractivity contribution < 1.29 is 19.1 Å². The molecule has 0 N–H and O–H groups in total. The molecule has 4 aliphatic carbocycles. The Morgan fingerprint density at radius 2 is 2.30 bits per heavy atom. The molecule has 20 heavy (non-hydrogen) atoms. The van der Waals surface area contributed by atoms with Crippen LogP contribution in [0, 0.1) is 17.3 Å². The minimum absolute atomic E-state index is 0.132. The van der Waals surface area contributed by atoms with Crippen LogP contribution in [-0.4, -0.2) is 30.6 Å². The van der Waals surface area contributed by atoms with Crippen LogP contribution < -0.4 is 0 Å². The molecular formula is C16H20O4. The lowest BCUT2D eigenvalue weighted by Crippen LogP contribution is -2.60. The van der Waals surface area contributed by atoms with Gasteiger partial charge in [0.25, 0.3) is 0 Å². The van der Waals surface area contributed by atoms with Crippen LogP contribution in [0.15, 0.2) is 11.6 Å². The molecule has 2 spiro atoms. The molecule has 4 atom stereocenters. The van der Waals surface area contributed by atoms with Gasteiger partial charge in [-0.3, -0.25) is 9.59 Å². The van der Waals surface area contributed by atoms with Crippen molar-refractivity contribution in [2.45, 2.75) is 44.6 Å². The minimum Gasteiger partial charge on any atom is -0.466 e. The van der Waals surface area contributed by atoms with E-state index in [9.17, 15) is 9.59 Å². The Bertz CT molecular complexity index is 517. The molecule has 0 aromatic heterocycles. The summed E-state index contributed by atoms with van der Waals surface area (Å²) < 4.78 is 10.9. The first-order chi connectivity index (χ1) is 9.64. The second-order valence-corrected chi connectivity index (χ2v) is 6.55. The number of esters is 1. The highest BCUT2D eigenvalue weighted by atomic mass is 16.6. The van der Waals surface area contributed by atoms with Gasteiger partial charge < -0.3 is 9.47 Å². The van der Waals surface area contributed by atoms with E-state index in [-0.39, 0.29) is 29.0 Å². The number of ether oxygens (including phenoxy) is 2. The Morgan fingerprint density at radius 1 is 1.50 bits per heavy atom. The SMILES string of the molecule is CCOC(=O)[C@@H]1C[C@]23CCCCC2=C[C@H]1C(=O)[C@@]31CO1. The fourth-order valence-electron chi connectivity index (χ4n) is 4.81. The van der Waals surface area contributed by atoms with E-state index in [0.29, 0.717) is 13.2 Å². The molecule has 0 radical (unpaired) electrons. The van der Waals surface area contributed by atoms with E-state index >= 15 is 0 Å². The summed E-state index contributed by atoms with van der Waals surface area (Å²) in [5.41, 5.74) is 0.603. The molecule has 4 nitrogen and oxygen atoms in total. The summed E-state index contributed by atoms with van der Waals surface area (Å²) >= 11 is 0. The first kappa shape index (κ1) is 12.6. The molecule has 1 saturated heterocycles. The second kappa shape index (κ2) is 3.94. The highest BCUT2D eigenvalue weighted by Gasteiger charge is 2.74. The van der Waals surface area contributed by atoms with Crippen LogP contribution in [0.1, 0.15) is 39.0 Å². The molecule has 3 fully saturated rings. The van der Waals surface area contributed by atoms with Gasteiger partial charge in [-0.25, -0.2) is 0 Å². The number of carbonyl (C=O) groups excluding carboxylic acids is 2. The molecule has 0 aromatic carbocycles. The van der Waals surface area contributed by atoms with Gasteiger partial charge in [-0.1, -0.05) is 18.1 Å². The third-order valence-corrected chi connectivity index (χ3v) is 5.79. The lowest BCUT2D eigenvalue weighted by atomic mass is 9.47. The predicted molar refractivity (Wildman–Crippen MR) is 70.9 cm³/mol. The molecule has 5 rings (SSSR count). The number of fused-ring (bicyclic) bond motifs is 1. The third-order valence-electron chi connectivity index (χ3n) is 5.79. The molecule has 2 saturated carbocycles. The van der Waals surface area contributed by atoms with Gasteiger partial charge in [-0.2, -0.15) is 0 Å². The highest BCUT2D eigenvalue weighted by Crippen LogP contribution is 2.67. The van der Waals surface area contributed by atoms with Gasteiger partial charge in [-0.05, 0) is 32.6 Å². The van der Waals surface area contributed by atoms with Crippen molar-refractivity contribution in [1.29, 1.82) is 0 Å². The molecule has 2 bridgehead atoms. The zero-order valence-electron chi connectivity index (χ0n) is 11.8. The summed E-state index contributed by atoms with van der Waals surface area (Å²) in [6.07, 6.45) is 7.18. The molecule has 4 heteroatoms. The van der Waals surface area contributed by atoms with Crippen molar-refractivity contribution >= 4 is 11.8 Å². The minimum atomic E-state index is -0.578. The van der Waals surface area contributed by atoms with Crippen LogP contribution in [0.4, 0.5) is 0 Å². The lowest BCUT2D eigenvalue weighted by molar-refractivity contribution is -0.161. The fourth-order valence-corrected chi connectivity index (χ4v) is 4.81. The molecular weight excluding hydrogens is 256 g/mol. The largest absolute Gasteiger partial charge is 0.466 e.